The van der Waals surface area contributed by atoms with Crippen LogP contribution in [-0.2, 0) is 0 Å². The van der Waals surface area contributed by atoms with Gasteiger partial charge in [-0.15, -0.1) is 0 Å². The van der Waals surface area contributed by atoms with Crippen LogP contribution in [0.2, 0.25) is 0 Å². The van der Waals surface area contributed by atoms with Gasteiger partial charge < -0.3 is 9.32 Å². The predicted molar refractivity (Wildman–Crippen MR) is 157 cm³/mol. The van der Waals surface area contributed by atoms with E-state index in [1.54, 1.807) is 6.20 Å². The molecule has 0 unspecified atom stereocenters. The minimum atomic E-state index is 0.789. The number of para-hydroxylation sites is 2. The van der Waals surface area contributed by atoms with Gasteiger partial charge in [0.1, 0.15) is 0 Å². The van der Waals surface area contributed by atoms with Crippen LogP contribution >= 0.6 is 0 Å². The molecule has 38 heavy (non-hydrogen) atoms. The predicted octanol–water partition coefficient (Wildman–Crippen LogP) is 9.78. The number of fused-ring (bicyclic) bond motifs is 3. The smallest absolute Gasteiger partial charge is 0.159 e. The third-order valence-corrected chi connectivity index (χ3v) is 6.99. The fourth-order valence-electron chi connectivity index (χ4n) is 5.11. The van der Waals surface area contributed by atoms with Crippen molar-refractivity contribution in [2.24, 2.45) is 0 Å². The van der Waals surface area contributed by atoms with Gasteiger partial charge in [-0.25, -0.2) is 0 Å². The summed E-state index contributed by atoms with van der Waals surface area (Å²) in [6, 6.07) is 46.7. The van der Waals surface area contributed by atoms with Crippen molar-refractivity contribution < 1.29 is 4.42 Å². The molecule has 0 saturated carbocycles. The number of rotatable bonds is 5. The Morgan fingerprint density at radius 1 is 0.474 bits per heavy atom. The molecule has 0 radical (unpaired) electrons. The van der Waals surface area contributed by atoms with Crippen molar-refractivity contribution in [3.63, 3.8) is 0 Å². The van der Waals surface area contributed by atoms with E-state index in [9.17, 15) is 0 Å². The second kappa shape index (κ2) is 9.38. The fraction of sp³-hybridized carbons (Fsp3) is 0. The zero-order valence-electron chi connectivity index (χ0n) is 20.7. The third-order valence-electron chi connectivity index (χ3n) is 6.99. The first-order valence-electron chi connectivity index (χ1n) is 12.7. The van der Waals surface area contributed by atoms with Crippen LogP contribution < -0.4 is 4.90 Å². The molecule has 7 rings (SSSR count). The van der Waals surface area contributed by atoms with Crippen molar-refractivity contribution in [2.75, 3.05) is 4.90 Å². The summed E-state index contributed by atoms with van der Waals surface area (Å²) < 4.78 is 6.34. The van der Waals surface area contributed by atoms with Crippen molar-refractivity contribution >= 4 is 39.0 Å². The largest absolute Gasteiger partial charge is 0.452 e. The van der Waals surface area contributed by atoms with Gasteiger partial charge in [-0.05, 0) is 58.7 Å². The van der Waals surface area contributed by atoms with E-state index in [1.165, 1.54) is 22.3 Å². The van der Waals surface area contributed by atoms with E-state index in [1.807, 2.05) is 24.4 Å². The zero-order valence-corrected chi connectivity index (χ0v) is 20.7. The summed E-state index contributed by atoms with van der Waals surface area (Å²) in [5, 5.41) is 2.15. The Balaban J connectivity index is 1.30. The molecule has 0 atom stereocenters. The van der Waals surface area contributed by atoms with Gasteiger partial charge in [0.05, 0.1) is 11.9 Å². The highest BCUT2D eigenvalue weighted by molar-refractivity contribution is 6.10. The number of nitrogens with zero attached hydrogens (tertiary/aromatic N) is 2. The Morgan fingerprint density at radius 3 is 1.74 bits per heavy atom. The molecule has 5 aromatic carbocycles. The van der Waals surface area contributed by atoms with Crippen molar-refractivity contribution in [1.29, 1.82) is 0 Å². The van der Waals surface area contributed by atoms with E-state index in [2.05, 4.69) is 125 Å². The Bertz CT molecular complexity index is 1840. The standard InChI is InChI=1S/C35H24N2O/c1-3-8-25(9-4-1)26-14-16-27(17-15-26)28-18-20-30(21-19-28)37(29-10-5-2-6-11-29)33-13-7-12-32-31-22-23-36-24-34(31)38-35(32)33/h1-24H. The first kappa shape index (κ1) is 22.1. The number of furan rings is 1. The second-order valence-electron chi connectivity index (χ2n) is 9.29. The molecule has 0 aliphatic rings. The molecule has 2 aromatic heterocycles. The van der Waals surface area contributed by atoms with E-state index in [-0.39, 0.29) is 0 Å². The monoisotopic (exact) mass is 488 g/mol. The van der Waals surface area contributed by atoms with Crippen molar-refractivity contribution in [3.8, 4) is 22.3 Å². The lowest BCUT2D eigenvalue weighted by Gasteiger charge is -2.25. The van der Waals surface area contributed by atoms with Crippen LogP contribution in [-0.4, -0.2) is 4.98 Å². The molecule has 0 bridgehead atoms. The van der Waals surface area contributed by atoms with Crippen molar-refractivity contribution in [1.82, 2.24) is 4.98 Å². The van der Waals surface area contributed by atoms with Crippen LogP contribution in [0.4, 0.5) is 17.1 Å². The summed E-state index contributed by atoms with van der Waals surface area (Å²) >= 11 is 0. The van der Waals surface area contributed by atoms with Crippen molar-refractivity contribution in [3.05, 3.63) is 146 Å². The molecular formula is C35H24N2O. The maximum Gasteiger partial charge on any atom is 0.159 e. The van der Waals surface area contributed by atoms with Gasteiger partial charge >= 0.3 is 0 Å². The number of benzene rings is 5. The molecule has 2 heterocycles. The first-order chi connectivity index (χ1) is 18.8. The summed E-state index contributed by atoms with van der Waals surface area (Å²) in [7, 11) is 0. The molecule has 7 aromatic rings. The molecule has 0 aliphatic carbocycles. The van der Waals surface area contributed by atoms with Crippen LogP contribution in [0.5, 0.6) is 0 Å². The minimum absolute atomic E-state index is 0.789. The number of aromatic nitrogens is 1. The van der Waals surface area contributed by atoms with Gasteiger partial charge in [-0.2, -0.15) is 0 Å². The molecule has 180 valence electrons. The van der Waals surface area contributed by atoms with E-state index in [4.69, 9.17) is 4.42 Å². The van der Waals surface area contributed by atoms with E-state index in [0.29, 0.717) is 0 Å². The van der Waals surface area contributed by atoms with Crippen LogP contribution in [0.1, 0.15) is 0 Å². The van der Waals surface area contributed by atoms with Crippen molar-refractivity contribution in [2.45, 2.75) is 0 Å². The molecule has 3 nitrogen and oxygen atoms in total. The normalized spacial score (nSPS) is 11.2. The molecule has 0 N–H and O–H groups in total. The Labute approximate surface area is 221 Å². The number of anilines is 3. The highest BCUT2D eigenvalue weighted by atomic mass is 16.3. The Hall–Kier alpha value is -5.15. The lowest BCUT2D eigenvalue weighted by molar-refractivity contribution is 0.667. The van der Waals surface area contributed by atoms with E-state index >= 15 is 0 Å². The van der Waals surface area contributed by atoms with Gasteiger partial charge in [-0.3, -0.25) is 4.98 Å². The molecular weight excluding hydrogens is 464 g/mol. The summed E-state index contributed by atoms with van der Waals surface area (Å²) in [5.74, 6) is 0. The molecule has 0 aliphatic heterocycles. The van der Waals surface area contributed by atoms with Crippen LogP contribution in [0.25, 0.3) is 44.2 Å². The fourth-order valence-corrected chi connectivity index (χ4v) is 5.11. The van der Waals surface area contributed by atoms with Gasteiger partial charge in [0.15, 0.2) is 11.2 Å². The molecule has 0 spiro atoms. The third kappa shape index (κ3) is 3.91. The SMILES string of the molecule is c1ccc(-c2ccc(-c3ccc(N(c4ccccc4)c4cccc5c4oc4cnccc45)cc3)cc2)cc1. The first-order valence-corrected chi connectivity index (χ1v) is 12.7. The lowest BCUT2D eigenvalue weighted by Crippen LogP contribution is -2.10. The molecule has 0 fully saturated rings. The molecule has 0 saturated heterocycles. The van der Waals surface area contributed by atoms with Gasteiger partial charge in [0.2, 0.25) is 0 Å². The zero-order chi connectivity index (χ0) is 25.3. The highest BCUT2D eigenvalue weighted by Gasteiger charge is 2.19. The lowest BCUT2D eigenvalue weighted by atomic mass is 10.00. The van der Waals surface area contributed by atoms with Crippen LogP contribution in [0.3, 0.4) is 0 Å². The van der Waals surface area contributed by atoms with E-state index < -0.39 is 0 Å². The molecule has 3 heteroatoms. The average molecular weight is 489 g/mol. The van der Waals surface area contributed by atoms with Crippen LogP contribution in [0, 0.1) is 0 Å². The maximum atomic E-state index is 6.34. The summed E-state index contributed by atoms with van der Waals surface area (Å²) in [5.41, 5.74) is 9.56. The second-order valence-corrected chi connectivity index (χ2v) is 9.29. The summed E-state index contributed by atoms with van der Waals surface area (Å²) in [6.07, 6.45) is 3.59. The van der Waals surface area contributed by atoms with Gasteiger partial charge in [0, 0.05) is 28.3 Å². The number of hydrogen-bond donors (Lipinski definition) is 0. The van der Waals surface area contributed by atoms with Gasteiger partial charge in [-0.1, -0.05) is 97.1 Å². The maximum absolute atomic E-state index is 6.34. The summed E-state index contributed by atoms with van der Waals surface area (Å²) in [6.45, 7) is 0. The topological polar surface area (TPSA) is 29.3 Å². The minimum Gasteiger partial charge on any atom is -0.452 e. The summed E-state index contributed by atoms with van der Waals surface area (Å²) in [4.78, 5) is 6.50. The van der Waals surface area contributed by atoms with Crippen LogP contribution in [0.15, 0.2) is 150 Å². The number of pyridine rings is 1. The average Bonchev–Trinajstić information content (AvgIpc) is 3.39. The van der Waals surface area contributed by atoms with Gasteiger partial charge in [0.25, 0.3) is 0 Å². The highest BCUT2D eigenvalue weighted by Crippen LogP contribution is 2.42. The Kier molecular flexibility index (Phi) is 5.45. The number of hydrogen-bond acceptors (Lipinski definition) is 3. The molecule has 0 amide bonds. The van der Waals surface area contributed by atoms with E-state index in [0.717, 1.165) is 39.0 Å². The quantitative estimate of drug-likeness (QED) is 0.241. The Morgan fingerprint density at radius 2 is 1.05 bits per heavy atom.